The second-order valence-electron chi connectivity index (χ2n) is 6.38. The molecule has 2 amide bonds. The van der Waals surface area contributed by atoms with Gasteiger partial charge < -0.3 is 20.1 Å². The topological polar surface area (TPSA) is 79.9 Å². The minimum Gasteiger partial charge on any atom is -0.468 e. The molecule has 25 heavy (non-hydrogen) atoms. The predicted molar refractivity (Wildman–Crippen MR) is 94.1 cm³/mol. The average molecular weight is 349 g/mol. The third-order valence-corrected chi connectivity index (χ3v) is 4.46. The third-order valence-electron chi connectivity index (χ3n) is 4.46. The van der Waals surface area contributed by atoms with E-state index in [1.54, 1.807) is 7.11 Å². The Morgan fingerprint density at radius 2 is 2.04 bits per heavy atom. The van der Waals surface area contributed by atoms with Crippen molar-refractivity contribution < 1.29 is 19.1 Å². The van der Waals surface area contributed by atoms with Crippen molar-refractivity contribution in [1.29, 1.82) is 0 Å². The SMILES string of the molecule is COCOc1cccc(CN2CCC2(C)C(=O)NCCNC(C)=O)c1. The zero-order valence-electron chi connectivity index (χ0n) is 15.1. The largest absolute Gasteiger partial charge is 0.468 e. The lowest BCUT2D eigenvalue weighted by Crippen LogP contribution is -2.65. The molecule has 1 heterocycles. The monoisotopic (exact) mass is 349 g/mol. The van der Waals surface area contributed by atoms with Crippen LogP contribution in [-0.2, 0) is 20.9 Å². The van der Waals surface area contributed by atoms with E-state index in [4.69, 9.17) is 9.47 Å². The Morgan fingerprint density at radius 3 is 2.68 bits per heavy atom. The highest BCUT2D eigenvalue weighted by Gasteiger charge is 2.46. The lowest BCUT2D eigenvalue weighted by molar-refractivity contribution is -0.142. The average Bonchev–Trinajstić information content (AvgIpc) is 2.60. The van der Waals surface area contributed by atoms with Gasteiger partial charge >= 0.3 is 0 Å². The lowest BCUT2D eigenvalue weighted by atomic mass is 9.85. The van der Waals surface area contributed by atoms with Gasteiger partial charge in [0, 0.05) is 40.2 Å². The van der Waals surface area contributed by atoms with Crippen molar-refractivity contribution in [3.05, 3.63) is 29.8 Å². The van der Waals surface area contributed by atoms with Crippen LogP contribution < -0.4 is 15.4 Å². The molecule has 138 valence electrons. The number of nitrogens with one attached hydrogen (secondary N) is 2. The maximum atomic E-state index is 12.5. The summed E-state index contributed by atoms with van der Waals surface area (Å²) in [6.07, 6.45) is 0.818. The number of rotatable bonds is 9. The zero-order valence-corrected chi connectivity index (χ0v) is 15.1. The number of methoxy groups -OCH3 is 1. The fourth-order valence-electron chi connectivity index (χ4n) is 2.80. The van der Waals surface area contributed by atoms with E-state index in [-0.39, 0.29) is 18.6 Å². The van der Waals surface area contributed by atoms with Crippen molar-refractivity contribution >= 4 is 11.8 Å². The Kier molecular flexibility index (Phi) is 6.78. The van der Waals surface area contributed by atoms with Gasteiger partial charge in [-0.2, -0.15) is 0 Å². The molecule has 0 saturated carbocycles. The van der Waals surface area contributed by atoms with Gasteiger partial charge in [0.05, 0.1) is 5.54 Å². The van der Waals surface area contributed by atoms with Gasteiger partial charge in [-0.1, -0.05) is 12.1 Å². The standard InChI is InChI=1S/C18H27N3O4/c1-14(22)19-8-9-20-17(23)18(2)7-10-21(18)12-15-5-4-6-16(11-15)25-13-24-3/h4-6,11H,7-10,12-13H2,1-3H3,(H,19,22)(H,20,23). The Labute approximate surface area is 148 Å². The molecule has 1 aromatic carbocycles. The highest BCUT2D eigenvalue weighted by Crippen LogP contribution is 2.32. The molecule has 7 nitrogen and oxygen atoms in total. The van der Waals surface area contributed by atoms with Gasteiger partial charge in [-0.25, -0.2) is 0 Å². The zero-order chi connectivity index (χ0) is 18.3. The molecule has 7 heteroatoms. The summed E-state index contributed by atoms with van der Waals surface area (Å²) in [5.74, 6) is 0.651. The molecule has 0 radical (unpaired) electrons. The number of benzene rings is 1. The first-order valence-corrected chi connectivity index (χ1v) is 8.44. The summed E-state index contributed by atoms with van der Waals surface area (Å²) >= 11 is 0. The van der Waals surface area contributed by atoms with Gasteiger partial charge in [0.25, 0.3) is 0 Å². The molecule has 1 unspecified atom stereocenters. The fourth-order valence-corrected chi connectivity index (χ4v) is 2.80. The van der Waals surface area contributed by atoms with E-state index < -0.39 is 5.54 Å². The molecule has 0 bridgehead atoms. The van der Waals surface area contributed by atoms with Gasteiger partial charge in [-0.3, -0.25) is 14.5 Å². The highest BCUT2D eigenvalue weighted by atomic mass is 16.7. The number of carbonyl (C=O) groups is 2. The van der Waals surface area contributed by atoms with Crippen LogP contribution in [0.4, 0.5) is 0 Å². The van der Waals surface area contributed by atoms with Gasteiger partial charge in [-0.15, -0.1) is 0 Å². The van der Waals surface area contributed by atoms with Crippen molar-refractivity contribution in [2.24, 2.45) is 0 Å². The first kappa shape index (κ1) is 19.2. The van der Waals surface area contributed by atoms with Gasteiger partial charge in [0.15, 0.2) is 6.79 Å². The van der Waals surface area contributed by atoms with Crippen molar-refractivity contribution in [3.63, 3.8) is 0 Å². The molecule has 1 aliphatic rings. The van der Waals surface area contributed by atoms with E-state index in [0.717, 1.165) is 24.3 Å². The van der Waals surface area contributed by atoms with Crippen LogP contribution in [0.5, 0.6) is 5.75 Å². The summed E-state index contributed by atoms with van der Waals surface area (Å²) in [5.41, 5.74) is 0.574. The third kappa shape index (κ3) is 5.17. The Bertz CT molecular complexity index is 608. The second-order valence-corrected chi connectivity index (χ2v) is 6.38. The summed E-state index contributed by atoms with van der Waals surface area (Å²) < 4.78 is 10.4. The summed E-state index contributed by atoms with van der Waals surface area (Å²) in [7, 11) is 1.58. The molecular formula is C18H27N3O4. The quantitative estimate of drug-likeness (QED) is 0.511. The van der Waals surface area contributed by atoms with Gasteiger partial charge in [0.2, 0.25) is 11.8 Å². The maximum absolute atomic E-state index is 12.5. The Balaban J connectivity index is 1.88. The molecule has 0 spiro atoms. The maximum Gasteiger partial charge on any atom is 0.240 e. The van der Waals surface area contributed by atoms with Crippen molar-refractivity contribution in [2.45, 2.75) is 32.4 Å². The molecule has 1 aromatic rings. The normalized spacial score (nSPS) is 19.8. The second kappa shape index (κ2) is 8.82. The number of hydrogen-bond acceptors (Lipinski definition) is 5. The molecule has 0 aromatic heterocycles. The Hall–Kier alpha value is -2.12. The van der Waals surface area contributed by atoms with E-state index in [1.165, 1.54) is 6.92 Å². The van der Waals surface area contributed by atoms with Crippen LogP contribution in [0.1, 0.15) is 25.8 Å². The van der Waals surface area contributed by atoms with E-state index in [2.05, 4.69) is 15.5 Å². The first-order chi connectivity index (χ1) is 12.0. The summed E-state index contributed by atoms with van der Waals surface area (Å²) in [4.78, 5) is 25.5. The van der Waals surface area contributed by atoms with Crippen LogP contribution in [-0.4, -0.2) is 55.8 Å². The summed E-state index contributed by atoms with van der Waals surface area (Å²) in [6, 6.07) is 7.80. The Morgan fingerprint density at radius 1 is 1.28 bits per heavy atom. The van der Waals surface area contributed by atoms with Crippen LogP contribution in [0, 0.1) is 0 Å². The van der Waals surface area contributed by atoms with Crippen LogP contribution in [0.2, 0.25) is 0 Å². The number of hydrogen-bond donors (Lipinski definition) is 2. The van der Waals surface area contributed by atoms with E-state index >= 15 is 0 Å². The van der Waals surface area contributed by atoms with Crippen LogP contribution >= 0.6 is 0 Å². The summed E-state index contributed by atoms with van der Waals surface area (Å²) in [5, 5.41) is 5.57. The molecule has 2 N–H and O–H groups in total. The van der Waals surface area contributed by atoms with Crippen molar-refractivity contribution in [2.75, 3.05) is 33.5 Å². The number of carbonyl (C=O) groups excluding carboxylic acids is 2. The molecule has 2 rings (SSSR count). The molecule has 1 atom stereocenters. The number of nitrogens with zero attached hydrogens (tertiary/aromatic N) is 1. The first-order valence-electron chi connectivity index (χ1n) is 8.44. The number of ether oxygens (including phenoxy) is 2. The van der Waals surface area contributed by atoms with E-state index in [9.17, 15) is 9.59 Å². The lowest BCUT2D eigenvalue weighted by Gasteiger charge is -2.49. The van der Waals surface area contributed by atoms with Crippen LogP contribution in [0.3, 0.4) is 0 Å². The van der Waals surface area contributed by atoms with Crippen LogP contribution in [0.15, 0.2) is 24.3 Å². The predicted octanol–water partition coefficient (Wildman–Crippen LogP) is 0.886. The molecule has 1 fully saturated rings. The summed E-state index contributed by atoms with van der Waals surface area (Å²) in [6.45, 7) is 6.05. The number of likely N-dealkylation sites (tertiary alicyclic amines) is 1. The number of amides is 2. The highest BCUT2D eigenvalue weighted by molar-refractivity contribution is 5.87. The minimum absolute atomic E-state index is 0.00381. The van der Waals surface area contributed by atoms with Crippen molar-refractivity contribution in [3.8, 4) is 5.75 Å². The molecular weight excluding hydrogens is 322 g/mol. The van der Waals surface area contributed by atoms with Gasteiger partial charge in [0.1, 0.15) is 5.75 Å². The van der Waals surface area contributed by atoms with Gasteiger partial charge in [-0.05, 0) is 31.0 Å². The fraction of sp³-hybridized carbons (Fsp3) is 0.556. The van der Waals surface area contributed by atoms with E-state index in [0.29, 0.717) is 19.6 Å². The van der Waals surface area contributed by atoms with Crippen molar-refractivity contribution in [1.82, 2.24) is 15.5 Å². The molecule has 1 aliphatic heterocycles. The van der Waals surface area contributed by atoms with Crippen LogP contribution in [0.25, 0.3) is 0 Å². The van der Waals surface area contributed by atoms with E-state index in [1.807, 2.05) is 31.2 Å². The smallest absolute Gasteiger partial charge is 0.240 e. The molecule has 0 aliphatic carbocycles. The minimum atomic E-state index is -0.514. The molecule has 1 saturated heterocycles.